The first kappa shape index (κ1) is 15.2. The van der Waals surface area contributed by atoms with Gasteiger partial charge in [-0.3, -0.25) is 9.78 Å². The molecular weight excluding hydrogens is 272 g/mol. The number of ether oxygens (including phenoxy) is 1. The van der Waals surface area contributed by atoms with E-state index in [9.17, 15) is 9.59 Å². The quantitative estimate of drug-likeness (QED) is 0.775. The van der Waals surface area contributed by atoms with Crippen LogP contribution in [0.1, 0.15) is 35.8 Å². The first-order valence-corrected chi connectivity index (χ1v) is 6.88. The van der Waals surface area contributed by atoms with Crippen molar-refractivity contribution in [2.75, 3.05) is 6.61 Å². The van der Waals surface area contributed by atoms with Gasteiger partial charge in [0.05, 0.1) is 6.10 Å². The molecule has 112 valence electrons. The Balaban J connectivity index is 1.85. The van der Waals surface area contributed by atoms with Crippen molar-refractivity contribution in [2.45, 2.75) is 31.9 Å². The van der Waals surface area contributed by atoms with Gasteiger partial charge in [0, 0.05) is 24.9 Å². The molecule has 0 saturated heterocycles. The highest BCUT2D eigenvalue weighted by molar-refractivity contribution is 5.92. The second-order valence-electron chi connectivity index (χ2n) is 4.87. The first-order chi connectivity index (χ1) is 10.1. The minimum atomic E-state index is -1.02. The largest absolute Gasteiger partial charge is 0.478 e. The van der Waals surface area contributed by atoms with Crippen molar-refractivity contribution in [1.29, 1.82) is 0 Å². The van der Waals surface area contributed by atoms with E-state index in [1.807, 2.05) is 6.92 Å². The SMILES string of the molecule is CCOC1CC(NC(=O)c2ccc(/C=C/C(=O)O)cn2)C1. The lowest BCUT2D eigenvalue weighted by Gasteiger charge is -2.35. The summed E-state index contributed by atoms with van der Waals surface area (Å²) in [5, 5.41) is 11.4. The molecule has 1 heterocycles. The van der Waals surface area contributed by atoms with Crippen molar-refractivity contribution >= 4 is 18.0 Å². The Kier molecular flexibility index (Phi) is 5.05. The molecule has 0 spiro atoms. The molecule has 6 heteroatoms. The van der Waals surface area contributed by atoms with Gasteiger partial charge >= 0.3 is 5.97 Å². The Hall–Kier alpha value is -2.21. The monoisotopic (exact) mass is 290 g/mol. The van der Waals surface area contributed by atoms with Crippen molar-refractivity contribution in [3.8, 4) is 0 Å². The molecule has 1 aliphatic carbocycles. The highest BCUT2D eigenvalue weighted by Gasteiger charge is 2.30. The van der Waals surface area contributed by atoms with E-state index in [2.05, 4.69) is 10.3 Å². The predicted octanol–water partition coefficient (Wildman–Crippen LogP) is 1.48. The van der Waals surface area contributed by atoms with E-state index in [1.165, 1.54) is 12.3 Å². The van der Waals surface area contributed by atoms with Crippen molar-refractivity contribution in [2.24, 2.45) is 0 Å². The van der Waals surface area contributed by atoms with Gasteiger partial charge in [-0.25, -0.2) is 4.79 Å². The van der Waals surface area contributed by atoms with Gasteiger partial charge < -0.3 is 15.2 Å². The van der Waals surface area contributed by atoms with Crippen molar-refractivity contribution in [3.63, 3.8) is 0 Å². The number of aromatic nitrogens is 1. The normalized spacial score (nSPS) is 21.0. The zero-order valence-corrected chi connectivity index (χ0v) is 11.8. The van der Waals surface area contributed by atoms with Gasteiger partial charge in [-0.2, -0.15) is 0 Å². The van der Waals surface area contributed by atoms with Crippen LogP contribution < -0.4 is 5.32 Å². The molecule has 0 atom stereocenters. The number of hydrogen-bond donors (Lipinski definition) is 2. The third kappa shape index (κ3) is 4.39. The number of pyridine rings is 1. The summed E-state index contributed by atoms with van der Waals surface area (Å²) in [7, 11) is 0. The number of nitrogens with one attached hydrogen (secondary N) is 1. The molecule has 0 aliphatic heterocycles. The highest BCUT2D eigenvalue weighted by atomic mass is 16.5. The number of nitrogens with zero attached hydrogens (tertiary/aromatic N) is 1. The van der Waals surface area contributed by atoms with Gasteiger partial charge in [-0.05, 0) is 37.5 Å². The number of amides is 1. The molecule has 6 nitrogen and oxygen atoms in total. The summed E-state index contributed by atoms with van der Waals surface area (Å²) in [5.74, 6) is -1.24. The lowest BCUT2D eigenvalue weighted by Crippen LogP contribution is -2.48. The van der Waals surface area contributed by atoms with E-state index >= 15 is 0 Å². The lowest BCUT2D eigenvalue weighted by molar-refractivity contribution is -0.131. The minimum absolute atomic E-state index is 0.141. The number of hydrogen-bond acceptors (Lipinski definition) is 4. The van der Waals surface area contributed by atoms with E-state index in [0.717, 1.165) is 18.9 Å². The van der Waals surface area contributed by atoms with Gasteiger partial charge in [0.15, 0.2) is 0 Å². The van der Waals surface area contributed by atoms with Gasteiger partial charge in [0.1, 0.15) is 5.69 Å². The summed E-state index contributed by atoms with van der Waals surface area (Å²) >= 11 is 0. The fourth-order valence-electron chi connectivity index (χ4n) is 2.12. The van der Waals surface area contributed by atoms with Crippen molar-refractivity contribution < 1.29 is 19.4 Å². The molecular formula is C15H18N2O4. The Bertz CT molecular complexity index is 533. The molecule has 0 radical (unpaired) electrons. The number of carboxylic acids is 1. The number of carbonyl (C=O) groups excluding carboxylic acids is 1. The number of carbonyl (C=O) groups is 2. The topological polar surface area (TPSA) is 88.5 Å². The van der Waals surface area contributed by atoms with Crippen molar-refractivity contribution in [1.82, 2.24) is 10.3 Å². The summed E-state index contributed by atoms with van der Waals surface area (Å²) in [6.45, 7) is 2.65. The fourth-order valence-corrected chi connectivity index (χ4v) is 2.12. The summed E-state index contributed by atoms with van der Waals surface area (Å²) in [5.41, 5.74) is 0.955. The van der Waals surface area contributed by atoms with Crippen LogP contribution in [0.5, 0.6) is 0 Å². The predicted molar refractivity (Wildman–Crippen MR) is 76.8 cm³/mol. The number of rotatable bonds is 6. The van der Waals surface area contributed by atoms with Crippen LogP contribution in [0.4, 0.5) is 0 Å². The Morgan fingerprint density at radius 3 is 2.81 bits per heavy atom. The van der Waals surface area contributed by atoms with Crippen LogP contribution in [0.3, 0.4) is 0 Å². The van der Waals surface area contributed by atoms with E-state index in [0.29, 0.717) is 17.9 Å². The van der Waals surface area contributed by atoms with Crippen LogP contribution in [-0.2, 0) is 9.53 Å². The Labute approximate surface area is 122 Å². The van der Waals surface area contributed by atoms with Crippen LogP contribution in [0, 0.1) is 0 Å². The standard InChI is InChI=1S/C15H18N2O4/c1-2-21-12-7-11(8-12)17-15(20)13-5-3-10(9-16-13)4-6-14(18)19/h3-6,9,11-12H,2,7-8H2,1H3,(H,17,20)(H,18,19)/b6-4+. The zero-order valence-electron chi connectivity index (χ0n) is 11.8. The van der Waals surface area contributed by atoms with E-state index < -0.39 is 5.97 Å². The van der Waals surface area contributed by atoms with Crippen LogP contribution in [0.2, 0.25) is 0 Å². The third-order valence-corrected chi connectivity index (χ3v) is 3.27. The molecule has 0 aromatic carbocycles. The molecule has 1 fully saturated rings. The molecule has 1 aromatic heterocycles. The maximum Gasteiger partial charge on any atom is 0.328 e. The minimum Gasteiger partial charge on any atom is -0.478 e. The van der Waals surface area contributed by atoms with Crippen molar-refractivity contribution in [3.05, 3.63) is 35.7 Å². The average molecular weight is 290 g/mol. The maximum absolute atomic E-state index is 12.0. The van der Waals surface area contributed by atoms with Gasteiger partial charge in [0.25, 0.3) is 5.91 Å². The summed E-state index contributed by atoms with van der Waals surface area (Å²) in [6.07, 6.45) is 5.84. The molecule has 1 saturated carbocycles. The average Bonchev–Trinajstić information content (AvgIpc) is 2.43. The Morgan fingerprint density at radius 1 is 1.48 bits per heavy atom. The molecule has 1 amide bonds. The van der Waals surface area contributed by atoms with Crippen LogP contribution in [0.25, 0.3) is 6.08 Å². The second-order valence-corrected chi connectivity index (χ2v) is 4.87. The first-order valence-electron chi connectivity index (χ1n) is 6.88. The van der Waals surface area contributed by atoms with E-state index in [-0.39, 0.29) is 18.1 Å². The van der Waals surface area contributed by atoms with Crippen LogP contribution >= 0.6 is 0 Å². The fraction of sp³-hybridized carbons (Fsp3) is 0.400. The van der Waals surface area contributed by atoms with Gasteiger partial charge in [-0.1, -0.05) is 6.07 Å². The summed E-state index contributed by atoms with van der Waals surface area (Å²) < 4.78 is 5.43. The van der Waals surface area contributed by atoms with Gasteiger partial charge in [-0.15, -0.1) is 0 Å². The van der Waals surface area contributed by atoms with Crippen LogP contribution in [0.15, 0.2) is 24.4 Å². The molecule has 2 rings (SSSR count). The Morgan fingerprint density at radius 2 is 2.24 bits per heavy atom. The molecule has 0 bridgehead atoms. The molecule has 0 unspecified atom stereocenters. The molecule has 1 aliphatic rings. The third-order valence-electron chi connectivity index (χ3n) is 3.27. The summed E-state index contributed by atoms with van der Waals surface area (Å²) in [4.78, 5) is 26.4. The maximum atomic E-state index is 12.0. The molecule has 2 N–H and O–H groups in total. The molecule has 1 aromatic rings. The van der Waals surface area contributed by atoms with E-state index in [4.69, 9.17) is 9.84 Å². The van der Waals surface area contributed by atoms with E-state index in [1.54, 1.807) is 12.1 Å². The highest BCUT2D eigenvalue weighted by Crippen LogP contribution is 2.23. The number of carboxylic acid groups (broad SMARTS) is 1. The zero-order chi connectivity index (χ0) is 15.2. The van der Waals surface area contributed by atoms with Gasteiger partial charge in [0.2, 0.25) is 0 Å². The van der Waals surface area contributed by atoms with Crippen LogP contribution in [-0.4, -0.2) is 40.7 Å². The molecule has 21 heavy (non-hydrogen) atoms. The number of aliphatic carboxylic acids is 1. The summed E-state index contributed by atoms with van der Waals surface area (Å²) in [6, 6.07) is 3.38. The lowest BCUT2D eigenvalue weighted by atomic mass is 9.89. The smallest absolute Gasteiger partial charge is 0.328 e. The second kappa shape index (κ2) is 6.99.